The zero-order valence-corrected chi connectivity index (χ0v) is 17.1. The molecule has 0 radical (unpaired) electrons. The van der Waals surface area contributed by atoms with Gasteiger partial charge in [0.1, 0.15) is 5.69 Å². The van der Waals surface area contributed by atoms with Crippen LogP contribution in [-0.2, 0) is 6.18 Å². The second-order valence-electron chi connectivity index (χ2n) is 7.44. The molecule has 0 saturated heterocycles. The van der Waals surface area contributed by atoms with Gasteiger partial charge < -0.3 is 10.7 Å². The van der Waals surface area contributed by atoms with Gasteiger partial charge >= 0.3 is 6.18 Å². The molecular weight excluding hydrogens is 407 g/mol. The van der Waals surface area contributed by atoms with Crippen LogP contribution in [0.2, 0.25) is 0 Å². The highest BCUT2D eigenvalue weighted by atomic mass is 19.4. The molecule has 0 spiro atoms. The van der Waals surface area contributed by atoms with E-state index in [9.17, 15) is 18.0 Å². The molecule has 0 aliphatic carbocycles. The molecule has 1 aliphatic rings. The average molecular weight is 427 g/mol. The number of carbonyl (C=O) groups excluding carboxylic acids is 1. The number of amides is 1. The summed E-state index contributed by atoms with van der Waals surface area (Å²) >= 11 is 0. The summed E-state index contributed by atoms with van der Waals surface area (Å²) in [6.45, 7) is 5.39. The molecule has 9 heteroatoms. The number of allylic oxidation sites excluding steroid dienone is 1. The minimum atomic E-state index is -4.49. The van der Waals surface area contributed by atoms with E-state index in [0.29, 0.717) is 17.1 Å². The van der Waals surface area contributed by atoms with Crippen molar-refractivity contribution >= 4 is 17.2 Å². The first-order valence-corrected chi connectivity index (χ1v) is 9.59. The van der Waals surface area contributed by atoms with Gasteiger partial charge in [-0.3, -0.25) is 9.78 Å². The topological polar surface area (TPSA) is 71.8 Å². The molecular formula is C22H20F3N5O. The first-order chi connectivity index (χ1) is 14.6. The number of hydrogen-bond donors (Lipinski definition) is 2. The van der Waals surface area contributed by atoms with E-state index in [1.807, 2.05) is 13.8 Å². The summed E-state index contributed by atoms with van der Waals surface area (Å²) in [7, 11) is 0. The zero-order valence-electron chi connectivity index (χ0n) is 17.1. The summed E-state index contributed by atoms with van der Waals surface area (Å²) in [6.07, 6.45) is -1.43. The fourth-order valence-electron chi connectivity index (χ4n) is 3.71. The standard InChI is InChI=1S/C22H20F3N5O/c1-12-8-18(16-6-4-5-7-17(16)22(23,24)25)29-30-19(11-26-20(12)30)21(31)28-15-9-13(2)27-14(3)10-15/h4-11,18,29H,1-3H3,(H,27,28,31). The molecule has 3 aromatic rings. The van der Waals surface area contributed by atoms with E-state index in [1.54, 1.807) is 31.2 Å². The molecule has 3 heterocycles. The molecule has 4 rings (SSSR count). The van der Waals surface area contributed by atoms with Crippen LogP contribution >= 0.6 is 0 Å². The monoisotopic (exact) mass is 427 g/mol. The Labute approximate surface area is 176 Å². The van der Waals surface area contributed by atoms with Gasteiger partial charge in [0.15, 0.2) is 5.82 Å². The summed E-state index contributed by atoms with van der Waals surface area (Å²) < 4.78 is 42.0. The number of benzene rings is 1. The summed E-state index contributed by atoms with van der Waals surface area (Å²) in [5.74, 6) is 0.0294. The number of alkyl halides is 3. The summed E-state index contributed by atoms with van der Waals surface area (Å²) in [5.41, 5.74) is 5.28. The molecule has 1 unspecified atom stereocenters. The Hall–Kier alpha value is -3.62. The Morgan fingerprint density at radius 3 is 2.48 bits per heavy atom. The lowest BCUT2D eigenvalue weighted by molar-refractivity contribution is -0.138. The van der Waals surface area contributed by atoms with Gasteiger partial charge in [-0.2, -0.15) is 13.2 Å². The van der Waals surface area contributed by atoms with Crippen LogP contribution in [-0.4, -0.2) is 20.6 Å². The van der Waals surface area contributed by atoms with Crippen molar-refractivity contribution in [2.24, 2.45) is 0 Å². The highest BCUT2D eigenvalue weighted by Gasteiger charge is 2.36. The summed E-state index contributed by atoms with van der Waals surface area (Å²) in [6, 6.07) is 8.07. The second-order valence-corrected chi connectivity index (χ2v) is 7.44. The van der Waals surface area contributed by atoms with Crippen molar-refractivity contribution < 1.29 is 18.0 Å². The fourth-order valence-corrected chi connectivity index (χ4v) is 3.71. The molecule has 2 N–H and O–H groups in total. The molecule has 1 aromatic carbocycles. The smallest absolute Gasteiger partial charge is 0.320 e. The number of halogens is 3. The van der Waals surface area contributed by atoms with Crippen molar-refractivity contribution in [3.05, 3.63) is 82.7 Å². The van der Waals surface area contributed by atoms with Crippen LogP contribution in [0.1, 0.15) is 51.8 Å². The van der Waals surface area contributed by atoms with Crippen molar-refractivity contribution in [3.63, 3.8) is 0 Å². The highest BCUT2D eigenvalue weighted by Crippen LogP contribution is 2.37. The largest absolute Gasteiger partial charge is 0.416 e. The van der Waals surface area contributed by atoms with E-state index >= 15 is 0 Å². The first-order valence-electron chi connectivity index (χ1n) is 9.59. The van der Waals surface area contributed by atoms with Crippen molar-refractivity contribution in [1.82, 2.24) is 14.6 Å². The number of nitrogens with one attached hydrogen (secondary N) is 2. The maximum atomic E-state index is 13.5. The number of aryl methyl sites for hydroxylation is 2. The van der Waals surface area contributed by atoms with Crippen LogP contribution in [0.3, 0.4) is 0 Å². The molecule has 1 aliphatic heterocycles. The van der Waals surface area contributed by atoms with Crippen molar-refractivity contribution in [3.8, 4) is 0 Å². The lowest BCUT2D eigenvalue weighted by Gasteiger charge is -2.27. The molecule has 0 bridgehead atoms. The molecule has 0 fully saturated rings. The number of aromatic nitrogens is 3. The minimum Gasteiger partial charge on any atom is -0.320 e. The number of carbonyl (C=O) groups is 1. The third-order valence-electron chi connectivity index (χ3n) is 4.97. The Balaban J connectivity index is 1.68. The highest BCUT2D eigenvalue weighted by molar-refractivity contribution is 6.03. The molecule has 6 nitrogen and oxygen atoms in total. The molecule has 1 amide bonds. The van der Waals surface area contributed by atoms with Gasteiger partial charge in [-0.05, 0) is 56.2 Å². The SMILES string of the molecule is CC1=CC(c2ccccc2C(F)(F)F)Nn2c(C(=O)Nc3cc(C)nc(C)c3)cnc21. The third-order valence-corrected chi connectivity index (χ3v) is 4.97. The van der Waals surface area contributed by atoms with E-state index in [-0.39, 0.29) is 11.3 Å². The van der Waals surface area contributed by atoms with Crippen LogP contribution in [0.5, 0.6) is 0 Å². The molecule has 1 atom stereocenters. The first kappa shape index (κ1) is 20.6. The van der Waals surface area contributed by atoms with Gasteiger partial charge in [-0.15, -0.1) is 0 Å². The van der Waals surface area contributed by atoms with Gasteiger partial charge in [0, 0.05) is 17.1 Å². The number of nitrogens with zero attached hydrogens (tertiary/aromatic N) is 3. The normalized spacial score (nSPS) is 15.7. The van der Waals surface area contributed by atoms with Crippen molar-refractivity contribution in [1.29, 1.82) is 0 Å². The van der Waals surface area contributed by atoms with Crippen LogP contribution in [0.15, 0.2) is 48.7 Å². The van der Waals surface area contributed by atoms with E-state index in [4.69, 9.17) is 0 Å². The Morgan fingerprint density at radius 2 is 1.81 bits per heavy atom. The van der Waals surface area contributed by atoms with Crippen LogP contribution in [0.4, 0.5) is 18.9 Å². The van der Waals surface area contributed by atoms with Gasteiger partial charge in [0.05, 0.1) is 17.8 Å². The number of pyridine rings is 1. The zero-order chi connectivity index (χ0) is 22.3. The quantitative estimate of drug-likeness (QED) is 0.626. The number of fused-ring (bicyclic) bond motifs is 1. The van der Waals surface area contributed by atoms with Crippen LogP contribution in [0.25, 0.3) is 5.57 Å². The van der Waals surface area contributed by atoms with Crippen LogP contribution in [0, 0.1) is 13.8 Å². The van der Waals surface area contributed by atoms with Gasteiger partial charge in [0.2, 0.25) is 0 Å². The number of anilines is 1. The minimum absolute atomic E-state index is 0.0699. The molecule has 2 aromatic heterocycles. The molecule has 0 saturated carbocycles. The summed E-state index contributed by atoms with van der Waals surface area (Å²) in [5, 5.41) is 2.80. The third kappa shape index (κ3) is 4.03. The second kappa shape index (κ2) is 7.57. The number of imidazole rings is 1. The average Bonchev–Trinajstić information content (AvgIpc) is 3.11. The van der Waals surface area contributed by atoms with Crippen LogP contribution < -0.4 is 10.7 Å². The lowest BCUT2D eigenvalue weighted by Crippen LogP contribution is -2.31. The van der Waals surface area contributed by atoms with E-state index in [1.165, 1.54) is 23.0 Å². The van der Waals surface area contributed by atoms with Crippen molar-refractivity contribution in [2.45, 2.75) is 33.0 Å². The van der Waals surface area contributed by atoms with Gasteiger partial charge in [-0.1, -0.05) is 18.2 Å². The van der Waals surface area contributed by atoms with Gasteiger partial charge in [-0.25, -0.2) is 9.66 Å². The van der Waals surface area contributed by atoms with E-state index < -0.39 is 23.7 Å². The number of hydrogen-bond acceptors (Lipinski definition) is 4. The predicted octanol–water partition coefficient (Wildman–Crippen LogP) is 4.87. The molecule has 31 heavy (non-hydrogen) atoms. The number of rotatable bonds is 3. The van der Waals surface area contributed by atoms with Crippen molar-refractivity contribution in [2.75, 3.05) is 10.7 Å². The predicted molar refractivity (Wildman–Crippen MR) is 111 cm³/mol. The van der Waals surface area contributed by atoms with E-state index in [0.717, 1.165) is 17.5 Å². The molecule has 160 valence electrons. The maximum Gasteiger partial charge on any atom is 0.416 e. The Morgan fingerprint density at radius 1 is 1.13 bits per heavy atom. The van der Waals surface area contributed by atoms with E-state index in [2.05, 4.69) is 20.7 Å². The Bertz CT molecular complexity index is 1180. The van der Waals surface area contributed by atoms with Gasteiger partial charge in [0.25, 0.3) is 5.91 Å². The fraction of sp³-hybridized carbons (Fsp3) is 0.227. The maximum absolute atomic E-state index is 13.5. The Kier molecular flexibility index (Phi) is 5.04. The summed E-state index contributed by atoms with van der Waals surface area (Å²) in [4.78, 5) is 21.5. The lowest BCUT2D eigenvalue weighted by atomic mass is 9.97.